The Hall–Kier alpha value is -0.810. The summed E-state index contributed by atoms with van der Waals surface area (Å²) >= 11 is 0. The molecule has 0 spiro atoms. The van der Waals surface area contributed by atoms with Gasteiger partial charge in [0.1, 0.15) is 0 Å². The number of hydrogen-bond donors (Lipinski definition) is 1. The van der Waals surface area contributed by atoms with E-state index in [4.69, 9.17) is 0 Å². The van der Waals surface area contributed by atoms with E-state index in [1.54, 1.807) is 0 Å². The van der Waals surface area contributed by atoms with Gasteiger partial charge in [-0.05, 0) is 69.9 Å². The van der Waals surface area contributed by atoms with Crippen LogP contribution in [0.1, 0.15) is 57.8 Å². The molecule has 2 amide bonds. The van der Waals surface area contributed by atoms with E-state index in [0.717, 1.165) is 90.1 Å². The van der Waals surface area contributed by atoms with Crippen molar-refractivity contribution < 1.29 is 9.59 Å². The van der Waals surface area contributed by atoms with E-state index in [1.807, 2.05) is 0 Å². The zero-order chi connectivity index (χ0) is 16.8. The van der Waals surface area contributed by atoms with Gasteiger partial charge in [-0.3, -0.25) is 9.59 Å². The van der Waals surface area contributed by atoms with Gasteiger partial charge in [0.15, 0.2) is 0 Å². The van der Waals surface area contributed by atoms with Gasteiger partial charge in [-0.25, -0.2) is 0 Å². The maximum absolute atomic E-state index is 12.4. The Labute approximate surface area is 158 Å². The number of piperidine rings is 3. The first-order chi connectivity index (χ1) is 11.7. The van der Waals surface area contributed by atoms with Crippen LogP contribution in [0.4, 0.5) is 0 Å². The van der Waals surface area contributed by atoms with Crippen molar-refractivity contribution in [1.82, 2.24) is 15.1 Å². The summed E-state index contributed by atoms with van der Waals surface area (Å²) in [5.74, 6) is 2.00. The quantitative estimate of drug-likeness (QED) is 0.807. The van der Waals surface area contributed by atoms with E-state index in [9.17, 15) is 9.59 Å². The fourth-order valence-corrected chi connectivity index (χ4v) is 4.39. The molecule has 3 rings (SSSR count). The van der Waals surface area contributed by atoms with Gasteiger partial charge < -0.3 is 15.1 Å². The van der Waals surface area contributed by atoms with Gasteiger partial charge in [-0.15, -0.1) is 12.4 Å². The molecule has 3 aliphatic rings. The highest BCUT2D eigenvalue weighted by molar-refractivity contribution is 5.85. The summed E-state index contributed by atoms with van der Waals surface area (Å²) in [6.45, 7) is 5.85. The maximum Gasteiger partial charge on any atom is 0.222 e. The summed E-state index contributed by atoms with van der Waals surface area (Å²) < 4.78 is 0. The van der Waals surface area contributed by atoms with Gasteiger partial charge in [0.05, 0.1) is 0 Å². The van der Waals surface area contributed by atoms with E-state index in [1.165, 1.54) is 12.8 Å². The SMILES string of the molecule is Cl.O=C(CCC1CCNCC1)N1CCC(CN2CCCCC2=O)CC1. The van der Waals surface area contributed by atoms with Crippen molar-refractivity contribution in [3.05, 3.63) is 0 Å². The number of nitrogens with zero attached hydrogens (tertiary/aromatic N) is 2. The zero-order valence-electron chi connectivity index (χ0n) is 15.4. The predicted molar refractivity (Wildman–Crippen MR) is 102 cm³/mol. The second-order valence-electron chi connectivity index (χ2n) is 7.85. The molecule has 6 heteroatoms. The Morgan fingerprint density at radius 2 is 1.72 bits per heavy atom. The van der Waals surface area contributed by atoms with E-state index in [0.29, 0.717) is 17.7 Å². The predicted octanol–water partition coefficient (Wildman–Crippen LogP) is 2.44. The molecule has 3 fully saturated rings. The Kier molecular flexibility index (Phi) is 8.50. The Morgan fingerprint density at radius 1 is 1.00 bits per heavy atom. The minimum atomic E-state index is 0. The van der Waals surface area contributed by atoms with Crippen LogP contribution < -0.4 is 5.32 Å². The topological polar surface area (TPSA) is 52.7 Å². The average molecular weight is 372 g/mol. The molecule has 3 heterocycles. The summed E-state index contributed by atoms with van der Waals surface area (Å²) in [7, 11) is 0. The normalized spacial score (nSPS) is 23.4. The van der Waals surface area contributed by atoms with Gasteiger partial charge in [0.2, 0.25) is 11.8 Å². The van der Waals surface area contributed by atoms with Crippen LogP contribution in [0.25, 0.3) is 0 Å². The Bertz CT molecular complexity index is 432. The molecule has 3 aliphatic heterocycles. The van der Waals surface area contributed by atoms with E-state index < -0.39 is 0 Å². The molecular formula is C19H34ClN3O2. The largest absolute Gasteiger partial charge is 0.343 e. The summed E-state index contributed by atoms with van der Waals surface area (Å²) in [4.78, 5) is 28.5. The highest BCUT2D eigenvalue weighted by Crippen LogP contribution is 2.23. The summed E-state index contributed by atoms with van der Waals surface area (Å²) in [6.07, 6.45) is 9.28. The molecule has 0 bridgehead atoms. The van der Waals surface area contributed by atoms with Crippen LogP contribution in [-0.2, 0) is 9.59 Å². The second-order valence-corrected chi connectivity index (χ2v) is 7.85. The molecule has 0 aromatic rings. The van der Waals surface area contributed by atoms with Crippen molar-refractivity contribution in [1.29, 1.82) is 0 Å². The lowest BCUT2D eigenvalue weighted by atomic mass is 9.92. The van der Waals surface area contributed by atoms with Crippen LogP contribution in [0.2, 0.25) is 0 Å². The summed E-state index contributed by atoms with van der Waals surface area (Å²) in [5, 5.41) is 3.38. The Balaban J connectivity index is 0.00000225. The Morgan fingerprint density at radius 3 is 2.40 bits per heavy atom. The molecule has 0 saturated carbocycles. The average Bonchev–Trinajstić information content (AvgIpc) is 2.63. The fraction of sp³-hybridized carbons (Fsp3) is 0.895. The number of halogens is 1. The zero-order valence-corrected chi connectivity index (χ0v) is 16.2. The minimum absolute atomic E-state index is 0. The minimum Gasteiger partial charge on any atom is -0.343 e. The smallest absolute Gasteiger partial charge is 0.222 e. The number of hydrogen-bond acceptors (Lipinski definition) is 3. The number of carbonyl (C=O) groups is 2. The molecule has 0 radical (unpaired) electrons. The third kappa shape index (κ3) is 6.14. The molecule has 5 nitrogen and oxygen atoms in total. The van der Waals surface area contributed by atoms with Crippen LogP contribution in [-0.4, -0.2) is 60.9 Å². The van der Waals surface area contributed by atoms with Gasteiger partial charge in [-0.1, -0.05) is 0 Å². The monoisotopic (exact) mass is 371 g/mol. The molecule has 0 aromatic heterocycles. The van der Waals surface area contributed by atoms with Gasteiger partial charge in [0.25, 0.3) is 0 Å². The van der Waals surface area contributed by atoms with Crippen LogP contribution in [0, 0.1) is 11.8 Å². The number of carbonyl (C=O) groups excluding carboxylic acids is 2. The molecule has 0 aromatic carbocycles. The van der Waals surface area contributed by atoms with Crippen molar-refractivity contribution in [3.8, 4) is 0 Å². The summed E-state index contributed by atoms with van der Waals surface area (Å²) in [5.41, 5.74) is 0. The lowest BCUT2D eigenvalue weighted by Crippen LogP contribution is -2.44. The fourth-order valence-electron chi connectivity index (χ4n) is 4.39. The third-order valence-corrected chi connectivity index (χ3v) is 6.09. The number of amides is 2. The van der Waals surface area contributed by atoms with Crippen LogP contribution in [0.15, 0.2) is 0 Å². The lowest BCUT2D eigenvalue weighted by Gasteiger charge is -2.36. The first-order valence-electron chi connectivity index (χ1n) is 9.98. The van der Waals surface area contributed by atoms with Crippen molar-refractivity contribution in [2.75, 3.05) is 39.3 Å². The van der Waals surface area contributed by atoms with E-state index in [2.05, 4.69) is 15.1 Å². The molecule has 0 atom stereocenters. The highest BCUT2D eigenvalue weighted by atomic mass is 35.5. The van der Waals surface area contributed by atoms with E-state index in [-0.39, 0.29) is 12.4 Å². The molecule has 0 unspecified atom stereocenters. The standard InChI is InChI=1S/C19H33N3O2.ClH/c23-18-3-1-2-12-22(18)15-17-8-13-21(14-9-17)19(24)5-4-16-6-10-20-11-7-16;/h16-17,20H,1-15H2;1H. The van der Waals surface area contributed by atoms with Crippen molar-refractivity contribution in [2.45, 2.75) is 57.8 Å². The molecular weight excluding hydrogens is 338 g/mol. The number of rotatable bonds is 5. The molecule has 3 saturated heterocycles. The van der Waals surface area contributed by atoms with Crippen molar-refractivity contribution in [3.63, 3.8) is 0 Å². The first-order valence-corrected chi connectivity index (χ1v) is 9.98. The number of likely N-dealkylation sites (tertiary alicyclic amines) is 2. The van der Waals surface area contributed by atoms with Crippen LogP contribution in [0.3, 0.4) is 0 Å². The molecule has 144 valence electrons. The van der Waals surface area contributed by atoms with Gasteiger partial charge in [-0.2, -0.15) is 0 Å². The highest BCUT2D eigenvalue weighted by Gasteiger charge is 2.27. The van der Waals surface area contributed by atoms with Gasteiger partial charge in [0, 0.05) is 39.0 Å². The number of nitrogens with one attached hydrogen (secondary N) is 1. The molecule has 25 heavy (non-hydrogen) atoms. The van der Waals surface area contributed by atoms with Crippen LogP contribution >= 0.6 is 12.4 Å². The van der Waals surface area contributed by atoms with Crippen molar-refractivity contribution >= 4 is 24.2 Å². The maximum atomic E-state index is 12.4. The molecule has 1 N–H and O–H groups in total. The summed E-state index contributed by atoms with van der Waals surface area (Å²) in [6, 6.07) is 0. The lowest BCUT2D eigenvalue weighted by molar-refractivity contribution is -0.136. The third-order valence-electron chi connectivity index (χ3n) is 6.09. The van der Waals surface area contributed by atoms with Crippen LogP contribution in [0.5, 0.6) is 0 Å². The van der Waals surface area contributed by atoms with Crippen molar-refractivity contribution in [2.24, 2.45) is 11.8 Å². The van der Waals surface area contributed by atoms with Gasteiger partial charge >= 0.3 is 0 Å². The second kappa shape index (κ2) is 10.4. The van der Waals surface area contributed by atoms with E-state index >= 15 is 0 Å². The molecule has 0 aliphatic carbocycles. The first kappa shape index (κ1) is 20.5.